The van der Waals surface area contributed by atoms with E-state index < -0.39 is 0 Å². The molecule has 2 saturated carbocycles. The lowest BCUT2D eigenvalue weighted by Gasteiger charge is -2.41. The second kappa shape index (κ2) is 7.58. The fraction of sp³-hybridized carbons (Fsp3) is 0.667. The van der Waals surface area contributed by atoms with Gasteiger partial charge in [-0.3, -0.25) is 4.79 Å². The predicted molar refractivity (Wildman–Crippen MR) is 91.9 cm³/mol. The lowest BCUT2D eigenvalue weighted by Crippen LogP contribution is -2.49. The summed E-state index contributed by atoms with van der Waals surface area (Å²) in [6.07, 6.45) is 14.1. The van der Waals surface area contributed by atoms with E-state index in [-0.39, 0.29) is 5.91 Å². The smallest absolute Gasteiger partial charge is 0.272 e. The summed E-state index contributed by atoms with van der Waals surface area (Å²) in [6, 6.07) is 4.62. The number of rotatable bonds is 3. The first-order valence-corrected chi connectivity index (χ1v) is 9.49. The van der Waals surface area contributed by atoms with E-state index in [2.05, 4.69) is 25.8 Å². The van der Waals surface area contributed by atoms with Gasteiger partial charge in [0.25, 0.3) is 5.91 Å². The van der Waals surface area contributed by atoms with Gasteiger partial charge in [-0.2, -0.15) is 0 Å². The molecule has 0 unspecified atom stereocenters. The van der Waals surface area contributed by atoms with Crippen molar-refractivity contribution < 1.29 is 4.79 Å². The zero-order chi connectivity index (χ0) is 15.4. The summed E-state index contributed by atoms with van der Waals surface area (Å²) in [6.45, 7) is 0. The standard InChI is InChI=1S/C18H25BrN2O/c19-14-11-12-17(20-13-14)18(22)21(15-7-3-1-4-8-15)16-9-5-2-6-10-16/h11-13,15-16H,1-10H2. The van der Waals surface area contributed by atoms with E-state index in [4.69, 9.17) is 0 Å². The third kappa shape index (κ3) is 3.70. The fourth-order valence-electron chi connectivity index (χ4n) is 3.98. The molecule has 3 nitrogen and oxygen atoms in total. The maximum Gasteiger partial charge on any atom is 0.272 e. The highest BCUT2D eigenvalue weighted by Gasteiger charge is 2.33. The van der Waals surface area contributed by atoms with Crippen LogP contribution < -0.4 is 0 Å². The molecule has 1 aromatic rings. The number of halogens is 1. The first-order valence-electron chi connectivity index (χ1n) is 8.70. The van der Waals surface area contributed by atoms with Crippen LogP contribution in [0, 0.1) is 0 Å². The molecule has 0 N–H and O–H groups in total. The van der Waals surface area contributed by atoms with Crippen LogP contribution in [0.5, 0.6) is 0 Å². The number of hydrogen-bond acceptors (Lipinski definition) is 2. The molecule has 2 fully saturated rings. The van der Waals surface area contributed by atoms with Crippen LogP contribution in [0.4, 0.5) is 0 Å². The van der Waals surface area contributed by atoms with Crippen molar-refractivity contribution in [3.05, 3.63) is 28.5 Å². The SMILES string of the molecule is O=C(c1ccc(Br)cn1)N(C1CCCCC1)C1CCCCC1. The van der Waals surface area contributed by atoms with Crippen molar-refractivity contribution in [3.63, 3.8) is 0 Å². The van der Waals surface area contributed by atoms with Crippen LogP contribution in [-0.4, -0.2) is 27.9 Å². The van der Waals surface area contributed by atoms with E-state index in [1.54, 1.807) is 6.20 Å². The molecule has 0 saturated heterocycles. The number of amides is 1. The average molecular weight is 365 g/mol. The van der Waals surface area contributed by atoms with Crippen molar-refractivity contribution >= 4 is 21.8 Å². The van der Waals surface area contributed by atoms with Gasteiger partial charge in [0.15, 0.2) is 0 Å². The molecule has 3 rings (SSSR count). The van der Waals surface area contributed by atoms with Gasteiger partial charge in [-0.25, -0.2) is 4.98 Å². The van der Waals surface area contributed by atoms with E-state index in [0.717, 1.165) is 4.47 Å². The Morgan fingerprint density at radius 1 is 0.955 bits per heavy atom. The van der Waals surface area contributed by atoms with Crippen LogP contribution in [0.25, 0.3) is 0 Å². The zero-order valence-electron chi connectivity index (χ0n) is 13.1. The van der Waals surface area contributed by atoms with Crippen LogP contribution in [0.15, 0.2) is 22.8 Å². The van der Waals surface area contributed by atoms with Crippen LogP contribution in [0.2, 0.25) is 0 Å². The van der Waals surface area contributed by atoms with Gasteiger partial charge in [0.05, 0.1) is 0 Å². The Labute approximate surface area is 141 Å². The molecule has 4 heteroatoms. The van der Waals surface area contributed by atoms with Gasteiger partial charge in [-0.15, -0.1) is 0 Å². The number of carbonyl (C=O) groups is 1. The molecule has 1 amide bonds. The summed E-state index contributed by atoms with van der Waals surface area (Å²) < 4.78 is 0.922. The minimum absolute atomic E-state index is 0.145. The van der Waals surface area contributed by atoms with E-state index in [1.807, 2.05) is 12.1 Å². The predicted octanol–water partition coefficient (Wildman–Crippen LogP) is 4.95. The highest BCUT2D eigenvalue weighted by atomic mass is 79.9. The van der Waals surface area contributed by atoms with E-state index in [0.29, 0.717) is 17.8 Å². The summed E-state index contributed by atoms with van der Waals surface area (Å²) in [5, 5.41) is 0. The van der Waals surface area contributed by atoms with Gasteiger partial charge in [0.2, 0.25) is 0 Å². The van der Waals surface area contributed by atoms with Crippen LogP contribution >= 0.6 is 15.9 Å². The molecular formula is C18H25BrN2O. The van der Waals surface area contributed by atoms with Gasteiger partial charge >= 0.3 is 0 Å². The molecule has 0 aromatic carbocycles. The number of aromatic nitrogens is 1. The number of hydrogen-bond donors (Lipinski definition) is 0. The van der Waals surface area contributed by atoms with Crippen LogP contribution in [0.3, 0.4) is 0 Å². The fourth-order valence-corrected chi connectivity index (χ4v) is 4.22. The molecule has 120 valence electrons. The van der Waals surface area contributed by atoms with Crippen molar-refractivity contribution in [2.45, 2.75) is 76.3 Å². The molecule has 2 aliphatic carbocycles. The molecule has 22 heavy (non-hydrogen) atoms. The minimum Gasteiger partial charge on any atom is -0.331 e. The van der Waals surface area contributed by atoms with Gasteiger partial charge in [0, 0.05) is 22.8 Å². The third-order valence-corrected chi connectivity index (χ3v) is 5.59. The van der Waals surface area contributed by atoms with Crippen molar-refractivity contribution in [1.29, 1.82) is 0 Å². The van der Waals surface area contributed by atoms with Crippen molar-refractivity contribution in [1.82, 2.24) is 9.88 Å². The van der Waals surface area contributed by atoms with Crippen molar-refractivity contribution in [2.24, 2.45) is 0 Å². The molecule has 1 heterocycles. The normalized spacial score (nSPS) is 20.8. The molecular weight excluding hydrogens is 340 g/mol. The van der Waals surface area contributed by atoms with E-state index >= 15 is 0 Å². The van der Waals surface area contributed by atoms with Gasteiger partial charge < -0.3 is 4.90 Å². The number of carbonyl (C=O) groups excluding carboxylic acids is 1. The number of nitrogens with zero attached hydrogens (tertiary/aromatic N) is 2. The summed E-state index contributed by atoms with van der Waals surface area (Å²) in [4.78, 5) is 19.7. The van der Waals surface area contributed by atoms with E-state index in [9.17, 15) is 4.79 Å². The maximum absolute atomic E-state index is 13.1. The summed E-state index contributed by atoms with van der Waals surface area (Å²) in [5.41, 5.74) is 0.597. The maximum atomic E-state index is 13.1. The first kappa shape index (κ1) is 16.0. The van der Waals surface area contributed by atoms with Crippen molar-refractivity contribution in [3.8, 4) is 0 Å². The highest BCUT2D eigenvalue weighted by Crippen LogP contribution is 2.31. The Morgan fingerprint density at radius 3 is 1.95 bits per heavy atom. The van der Waals surface area contributed by atoms with Crippen molar-refractivity contribution in [2.75, 3.05) is 0 Å². The quantitative estimate of drug-likeness (QED) is 0.759. The summed E-state index contributed by atoms with van der Waals surface area (Å²) in [7, 11) is 0. The Kier molecular flexibility index (Phi) is 5.51. The minimum atomic E-state index is 0.145. The van der Waals surface area contributed by atoms with Gasteiger partial charge in [-0.05, 0) is 53.7 Å². The largest absolute Gasteiger partial charge is 0.331 e. The first-order chi connectivity index (χ1) is 10.8. The molecule has 0 radical (unpaired) electrons. The lowest BCUT2D eigenvalue weighted by atomic mass is 9.88. The third-order valence-electron chi connectivity index (χ3n) is 5.12. The molecule has 0 bridgehead atoms. The number of pyridine rings is 1. The topological polar surface area (TPSA) is 33.2 Å². The second-order valence-electron chi connectivity index (χ2n) is 6.66. The monoisotopic (exact) mass is 364 g/mol. The molecule has 0 atom stereocenters. The Bertz CT molecular complexity index is 472. The lowest BCUT2D eigenvalue weighted by molar-refractivity contribution is 0.0442. The molecule has 1 aromatic heterocycles. The average Bonchev–Trinajstić information content (AvgIpc) is 2.57. The van der Waals surface area contributed by atoms with E-state index in [1.165, 1.54) is 64.2 Å². The summed E-state index contributed by atoms with van der Waals surface area (Å²) in [5.74, 6) is 0.145. The Hall–Kier alpha value is -0.900. The highest BCUT2D eigenvalue weighted by molar-refractivity contribution is 9.10. The zero-order valence-corrected chi connectivity index (χ0v) is 14.7. The Balaban J connectivity index is 1.82. The summed E-state index contributed by atoms with van der Waals surface area (Å²) >= 11 is 3.40. The van der Waals surface area contributed by atoms with Gasteiger partial charge in [0.1, 0.15) is 5.69 Å². The molecule has 0 aliphatic heterocycles. The van der Waals surface area contributed by atoms with Gasteiger partial charge in [-0.1, -0.05) is 38.5 Å². The molecule has 0 spiro atoms. The Morgan fingerprint density at radius 2 is 1.50 bits per heavy atom. The molecule has 2 aliphatic rings. The second-order valence-corrected chi connectivity index (χ2v) is 7.57. The van der Waals surface area contributed by atoms with Crippen LogP contribution in [-0.2, 0) is 0 Å². The van der Waals surface area contributed by atoms with Crippen LogP contribution in [0.1, 0.15) is 74.7 Å².